The van der Waals surface area contributed by atoms with E-state index in [0.29, 0.717) is 33.8 Å². The van der Waals surface area contributed by atoms with E-state index < -0.39 is 5.82 Å². The zero-order valence-electron chi connectivity index (χ0n) is 13.5. The minimum absolute atomic E-state index is 0. The Morgan fingerprint density at radius 3 is 2.40 bits per heavy atom. The van der Waals surface area contributed by atoms with E-state index in [1.165, 1.54) is 12.3 Å². The molecule has 0 aliphatic carbocycles. The molecule has 25 heavy (non-hydrogen) atoms. The normalized spacial score (nSPS) is 9.84. The Morgan fingerprint density at radius 1 is 1.12 bits per heavy atom. The fraction of sp³-hybridized carbons (Fsp3) is 0.111. The molecular weight excluding hydrogens is 345 g/mol. The number of pyridine rings is 1. The highest BCUT2D eigenvalue weighted by Gasteiger charge is 2.13. The number of nitrogens with zero attached hydrogens (tertiary/aromatic N) is 2. The van der Waals surface area contributed by atoms with Crippen LogP contribution >= 0.6 is 12.4 Å². The molecule has 0 amide bonds. The van der Waals surface area contributed by atoms with Crippen LogP contribution in [0.5, 0.6) is 11.5 Å². The van der Waals surface area contributed by atoms with Crippen LogP contribution in [0.1, 0.15) is 5.56 Å². The van der Waals surface area contributed by atoms with Gasteiger partial charge < -0.3 is 14.8 Å². The molecule has 3 rings (SSSR count). The summed E-state index contributed by atoms with van der Waals surface area (Å²) in [6, 6.07) is 12.0. The smallest absolute Gasteiger partial charge is 0.149 e. The van der Waals surface area contributed by atoms with E-state index in [-0.39, 0.29) is 17.9 Å². The number of hydrogen-bond donors (Lipinski definition) is 1. The van der Waals surface area contributed by atoms with Gasteiger partial charge in [0.05, 0.1) is 25.5 Å². The summed E-state index contributed by atoms with van der Waals surface area (Å²) in [6.07, 6.45) is 1.35. The number of hydrogen-bond acceptors (Lipinski definition) is 5. The predicted molar refractivity (Wildman–Crippen MR) is 96.5 cm³/mol. The summed E-state index contributed by atoms with van der Waals surface area (Å²) < 4.78 is 24.4. The van der Waals surface area contributed by atoms with Crippen molar-refractivity contribution in [2.45, 2.75) is 0 Å². The van der Waals surface area contributed by atoms with Gasteiger partial charge in [0.2, 0.25) is 0 Å². The molecule has 0 unspecified atom stereocenters. The maximum Gasteiger partial charge on any atom is 0.149 e. The minimum atomic E-state index is -0.441. The SMILES string of the molecule is COc1cc(Nc2c(C#N)cnc3c(F)cccc23)cc(OC)c1.Cl. The molecule has 128 valence electrons. The number of anilines is 2. The fourth-order valence-corrected chi connectivity index (χ4v) is 2.43. The summed E-state index contributed by atoms with van der Waals surface area (Å²) >= 11 is 0. The van der Waals surface area contributed by atoms with E-state index in [1.807, 2.05) is 0 Å². The summed E-state index contributed by atoms with van der Waals surface area (Å²) in [6.45, 7) is 0. The molecule has 0 radical (unpaired) electrons. The Labute approximate surface area is 150 Å². The first-order chi connectivity index (χ1) is 11.7. The quantitative estimate of drug-likeness (QED) is 0.746. The predicted octanol–water partition coefficient (Wildman–Crippen LogP) is 4.43. The molecule has 2 aromatic carbocycles. The van der Waals surface area contributed by atoms with Crippen LogP contribution in [0.3, 0.4) is 0 Å². The molecule has 0 saturated heterocycles. The van der Waals surface area contributed by atoms with Gasteiger partial charge >= 0.3 is 0 Å². The molecular formula is C18H15ClFN3O2. The summed E-state index contributed by atoms with van der Waals surface area (Å²) in [5, 5.41) is 13.0. The molecule has 3 aromatic rings. The van der Waals surface area contributed by atoms with Gasteiger partial charge in [0, 0.05) is 35.5 Å². The number of nitriles is 1. The lowest BCUT2D eigenvalue weighted by Gasteiger charge is -2.14. The molecule has 1 heterocycles. The third-order valence-corrected chi connectivity index (χ3v) is 3.59. The van der Waals surface area contributed by atoms with Crippen LogP contribution < -0.4 is 14.8 Å². The van der Waals surface area contributed by atoms with E-state index in [0.717, 1.165) is 0 Å². The first-order valence-electron chi connectivity index (χ1n) is 7.13. The minimum Gasteiger partial charge on any atom is -0.497 e. The second kappa shape index (κ2) is 7.69. The average molecular weight is 360 g/mol. The summed E-state index contributed by atoms with van der Waals surface area (Å²) in [4.78, 5) is 4.03. The zero-order valence-corrected chi connectivity index (χ0v) is 14.4. The average Bonchev–Trinajstić information content (AvgIpc) is 2.62. The van der Waals surface area contributed by atoms with E-state index in [2.05, 4.69) is 16.4 Å². The lowest BCUT2D eigenvalue weighted by molar-refractivity contribution is 0.395. The molecule has 0 aliphatic heterocycles. The number of rotatable bonds is 4. The molecule has 1 N–H and O–H groups in total. The van der Waals surface area contributed by atoms with Crippen molar-refractivity contribution >= 4 is 34.7 Å². The second-order valence-corrected chi connectivity index (χ2v) is 5.02. The van der Waals surface area contributed by atoms with Gasteiger partial charge in [0.1, 0.15) is 28.9 Å². The highest BCUT2D eigenvalue weighted by Crippen LogP contribution is 2.33. The molecule has 7 heteroatoms. The van der Waals surface area contributed by atoms with Gasteiger partial charge in [0.25, 0.3) is 0 Å². The van der Waals surface area contributed by atoms with E-state index >= 15 is 0 Å². The van der Waals surface area contributed by atoms with E-state index in [4.69, 9.17) is 9.47 Å². The van der Waals surface area contributed by atoms with Gasteiger partial charge in [-0.3, -0.25) is 4.98 Å². The Hall–Kier alpha value is -3.04. The standard InChI is InChI=1S/C18H14FN3O2.ClH/c1-23-13-6-12(7-14(8-13)24-2)22-17-11(9-20)10-21-18-15(17)4-3-5-16(18)19;/h3-8,10H,1-2H3,(H,21,22);1H. The molecule has 0 fully saturated rings. The zero-order chi connectivity index (χ0) is 17.1. The van der Waals surface area contributed by atoms with Crippen molar-refractivity contribution in [3.05, 3.63) is 54.0 Å². The molecule has 0 spiro atoms. The van der Waals surface area contributed by atoms with Crippen molar-refractivity contribution in [3.63, 3.8) is 0 Å². The third kappa shape index (κ3) is 3.57. The van der Waals surface area contributed by atoms with Gasteiger partial charge in [0.15, 0.2) is 0 Å². The number of methoxy groups -OCH3 is 2. The molecule has 0 atom stereocenters. The number of benzene rings is 2. The molecule has 5 nitrogen and oxygen atoms in total. The largest absolute Gasteiger partial charge is 0.497 e. The van der Waals surface area contributed by atoms with Crippen molar-refractivity contribution in [3.8, 4) is 17.6 Å². The maximum absolute atomic E-state index is 14.0. The summed E-state index contributed by atoms with van der Waals surface area (Å²) in [5.41, 5.74) is 1.65. The Kier molecular flexibility index (Phi) is 5.63. The van der Waals surface area contributed by atoms with Crippen molar-refractivity contribution in [2.75, 3.05) is 19.5 Å². The molecule has 1 aromatic heterocycles. The molecule has 0 bridgehead atoms. The monoisotopic (exact) mass is 359 g/mol. The fourth-order valence-electron chi connectivity index (χ4n) is 2.43. The van der Waals surface area contributed by atoms with Crippen molar-refractivity contribution in [2.24, 2.45) is 0 Å². The second-order valence-electron chi connectivity index (χ2n) is 5.02. The highest BCUT2D eigenvalue weighted by molar-refractivity contribution is 5.96. The summed E-state index contributed by atoms with van der Waals surface area (Å²) in [5.74, 6) is 0.753. The van der Waals surface area contributed by atoms with Gasteiger partial charge in [-0.15, -0.1) is 12.4 Å². The van der Waals surface area contributed by atoms with Gasteiger partial charge in [-0.25, -0.2) is 4.39 Å². The van der Waals surface area contributed by atoms with Gasteiger partial charge in [-0.05, 0) is 6.07 Å². The van der Waals surface area contributed by atoms with Crippen LogP contribution in [0.15, 0.2) is 42.6 Å². The third-order valence-electron chi connectivity index (χ3n) is 3.59. The van der Waals surface area contributed by atoms with Crippen molar-refractivity contribution in [1.82, 2.24) is 4.98 Å². The number of fused-ring (bicyclic) bond motifs is 1. The Balaban J connectivity index is 0.00000225. The van der Waals surface area contributed by atoms with Crippen LogP contribution in [0.2, 0.25) is 0 Å². The lowest BCUT2D eigenvalue weighted by atomic mass is 10.1. The molecule has 0 saturated carbocycles. The van der Waals surface area contributed by atoms with Crippen molar-refractivity contribution < 1.29 is 13.9 Å². The lowest BCUT2D eigenvalue weighted by Crippen LogP contribution is -1.99. The first kappa shape index (κ1) is 18.3. The maximum atomic E-state index is 14.0. The van der Waals surface area contributed by atoms with Gasteiger partial charge in [-0.2, -0.15) is 5.26 Å². The van der Waals surface area contributed by atoms with Crippen LogP contribution in [0, 0.1) is 17.1 Å². The Morgan fingerprint density at radius 2 is 1.80 bits per heavy atom. The number of nitrogens with one attached hydrogen (secondary N) is 1. The topological polar surface area (TPSA) is 67.2 Å². The Bertz CT molecular complexity index is 935. The van der Waals surface area contributed by atoms with Crippen LogP contribution in [-0.2, 0) is 0 Å². The van der Waals surface area contributed by atoms with E-state index in [9.17, 15) is 9.65 Å². The van der Waals surface area contributed by atoms with Gasteiger partial charge in [-0.1, -0.05) is 12.1 Å². The first-order valence-corrected chi connectivity index (χ1v) is 7.13. The van der Waals surface area contributed by atoms with Crippen LogP contribution in [0.25, 0.3) is 10.9 Å². The summed E-state index contributed by atoms with van der Waals surface area (Å²) in [7, 11) is 3.10. The molecule has 0 aliphatic rings. The number of ether oxygens (including phenoxy) is 2. The van der Waals surface area contributed by atoms with Crippen LogP contribution in [-0.4, -0.2) is 19.2 Å². The highest BCUT2D eigenvalue weighted by atomic mass is 35.5. The number of aromatic nitrogens is 1. The van der Waals surface area contributed by atoms with Crippen LogP contribution in [0.4, 0.5) is 15.8 Å². The number of para-hydroxylation sites is 1. The number of halogens is 2. The van der Waals surface area contributed by atoms with Crippen molar-refractivity contribution in [1.29, 1.82) is 5.26 Å². The van der Waals surface area contributed by atoms with E-state index in [1.54, 1.807) is 44.6 Å².